The largest absolute Gasteiger partial charge is 0.480 e. The number of unbranched alkanes of at least 4 members (excludes halogenated alkanes) is 2. The van der Waals surface area contributed by atoms with Crippen LogP contribution in [0.5, 0.6) is 0 Å². The van der Waals surface area contributed by atoms with Gasteiger partial charge in [-0.05, 0) is 132 Å². The minimum absolute atomic E-state index is 0.0119. The van der Waals surface area contributed by atoms with Gasteiger partial charge in [0.1, 0.15) is 54.4 Å². The third-order valence-electron chi connectivity index (χ3n) is 15.7. The molecule has 0 radical (unpaired) electrons. The molecule has 0 saturated carbocycles. The number of carboxylic acids is 1. The molecule has 10 atom stereocenters. The Morgan fingerprint density at radius 3 is 1.74 bits per heavy atom. The molecule has 0 aliphatic carbocycles. The van der Waals surface area contributed by atoms with Gasteiger partial charge in [-0.1, -0.05) is 64.1 Å². The number of fused-ring (bicyclic) bond motifs is 2. The van der Waals surface area contributed by atoms with E-state index in [0.717, 1.165) is 32.4 Å². The van der Waals surface area contributed by atoms with E-state index in [0.29, 0.717) is 44.1 Å². The quantitative estimate of drug-likeness (QED) is 0.0133. The Hall–Kier alpha value is -8.94. The molecule has 0 unspecified atom stereocenters. The van der Waals surface area contributed by atoms with Gasteiger partial charge in [-0.3, -0.25) is 58.1 Å². The van der Waals surface area contributed by atoms with Crippen molar-refractivity contribution in [2.24, 2.45) is 72.3 Å². The summed E-state index contributed by atoms with van der Waals surface area (Å²) in [5, 5.41) is 36.0. The van der Waals surface area contributed by atoms with Crippen LogP contribution in [-0.2, 0) is 54.4 Å². The highest BCUT2D eigenvalue weighted by Crippen LogP contribution is 2.25. The first-order valence-electron chi connectivity index (χ1n) is 32.4. The van der Waals surface area contributed by atoms with E-state index in [-0.39, 0.29) is 146 Å². The highest BCUT2D eigenvalue weighted by molar-refractivity contribution is 8.76. The molecule has 4 rings (SSSR count). The summed E-state index contributed by atoms with van der Waals surface area (Å²) in [5.74, 6) is -10.3. The predicted molar refractivity (Wildman–Crippen MR) is 371 cm³/mol. The fourth-order valence-electron chi connectivity index (χ4n) is 10.6. The van der Waals surface area contributed by atoms with Gasteiger partial charge in [0, 0.05) is 50.7 Å². The summed E-state index contributed by atoms with van der Waals surface area (Å²) in [6.45, 7) is 0.650. The summed E-state index contributed by atoms with van der Waals surface area (Å²) >= 11 is 0. The normalized spacial score (nSPS) is 20.1. The molecule has 2 aromatic rings. The summed E-state index contributed by atoms with van der Waals surface area (Å²) in [5.41, 5.74) is 57.2. The minimum atomic E-state index is -1.59. The zero-order valence-electron chi connectivity index (χ0n) is 54.5. The van der Waals surface area contributed by atoms with Gasteiger partial charge >= 0.3 is 12.0 Å². The number of nitrogens with zero attached hydrogens (tertiary/aromatic N) is 4. The zero-order valence-corrected chi connectivity index (χ0v) is 56.1. The number of aliphatic carboxylic acids is 1. The van der Waals surface area contributed by atoms with Crippen molar-refractivity contribution >= 4 is 115 Å². The number of primary amides is 1. The molecule has 2 aliphatic heterocycles. The van der Waals surface area contributed by atoms with Crippen molar-refractivity contribution in [1.29, 1.82) is 0 Å². The van der Waals surface area contributed by atoms with Crippen molar-refractivity contribution in [1.82, 2.24) is 52.8 Å². The molecule has 11 amide bonds. The average Bonchev–Trinajstić information content (AvgIpc) is 1.75. The van der Waals surface area contributed by atoms with Crippen LogP contribution in [0, 0.1) is 0 Å². The highest BCUT2D eigenvalue weighted by Gasteiger charge is 2.41. The zero-order chi connectivity index (χ0) is 71.4. The fourth-order valence-corrected chi connectivity index (χ4v) is 12.9. The Bertz CT molecular complexity index is 3060. The second-order valence-electron chi connectivity index (χ2n) is 23.4. The van der Waals surface area contributed by atoms with Crippen LogP contribution >= 0.6 is 21.6 Å². The lowest BCUT2D eigenvalue weighted by Gasteiger charge is -2.31. The Kier molecular flexibility index (Phi) is 35.9. The van der Waals surface area contributed by atoms with Crippen LogP contribution in [0.3, 0.4) is 0 Å². The summed E-state index contributed by atoms with van der Waals surface area (Å²) < 4.78 is 0. The number of urea groups is 1. The molecule has 0 aromatic heterocycles. The van der Waals surface area contributed by atoms with Gasteiger partial charge in [0.05, 0.1) is 6.04 Å². The number of hydrogen-bond acceptors (Lipinski definition) is 19. The smallest absolute Gasteiger partial charge is 0.326 e. The monoisotopic (exact) mass is 1400 g/mol. The van der Waals surface area contributed by atoms with Crippen molar-refractivity contribution < 1.29 is 57.8 Å². The molecule has 2 heterocycles. The number of carbonyl (C=O) groups excluding carboxylic acids is 10. The standard InChI is InChI=1S/C60H99N23O12S2/c61-23-5-3-15-38-48(85)78-41(16-4-6-24-62)55(92)83-29-11-20-46(83)54(91)77-40(18-9-28-74-60(70)95)50(87)82-45(53(90)79-42(56(93)94)19-10-27-73-59(68)69)33-97-96-32-44(52(89)76-38)81-49(86)39(17-8-26-72-58(66)67)75-51(88)43(80-47(84)37(63)14-7-25-71-57(64)65)31-34-21-22-35-12-1-2-13-36(35)30-34/h1-2,12-13,21-22,30,37-46H,3-11,14-20,23-29,31-33,61-63H2,(H,75,88)(H,76,89)(H,77,91)(H,78,85)(H,79,90)(H,80,84)(H,81,86)(H,82,87)(H,93,94)(H4,64,65,71)(H4,66,67,72)(H4,68,69,73)(H3,70,74,95)/t37-,38-,39-,40-,41+,42-,43+,44-,45-,46-/m0/s1. The number of rotatable bonds is 35. The van der Waals surface area contributed by atoms with Crippen LogP contribution in [0.2, 0.25) is 0 Å². The Morgan fingerprint density at radius 1 is 0.588 bits per heavy atom. The number of amides is 11. The molecular weight excluding hydrogens is 1300 g/mol. The van der Waals surface area contributed by atoms with Crippen LogP contribution < -0.4 is 105 Å². The molecule has 37 heteroatoms. The van der Waals surface area contributed by atoms with Crippen LogP contribution in [0.4, 0.5) is 4.79 Å². The van der Waals surface area contributed by atoms with E-state index < -0.39 is 126 Å². The molecule has 538 valence electrons. The number of nitrogens with one attached hydrogen (secondary N) is 9. The van der Waals surface area contributed by atoms with E-state index in [9.17, 15) is 48.3 Å². The SMILES string of the molecule is NCCCC[C@@H]1NC(=O)[C@@H](NC(=O)[C@H](CCCN=C(N)N)NC(=O)[C@@H](Cc2ccc3ccccc3c2)NC(=O)[C@@H](N)CCCN=C(N)N)CSSC[C@@H](C(=O)N[C@@H](CCCN=C(N)N)C(=O)O)NC(=O)[C@H](CCCNC(N)=O)NC(=O)[C@@H]2CCCN2C(=O)[C@@H](CCCCN)NC1=O. The molecule has 0 spiro atoms. The Labute approximate surface area is 570 Å². The second-order valence-corrected chi connectivity index (χ2v) is 26.0. The number of carbonyl (C=O) groups is 11. The predicted octanol–water partition coefficient (Wildman–Crippen LogP) is -5.07. The maximum atomic E-state index is 15.1. The number of nitrogens with two attached hydrogens (primary N) is 10. The highest BCUT2D eigenvalue weighted by atomic mass is 33.1. The number of benzene rings is 2. The van der Waals surface area contributed by atoms with Crippen molar-refractivity contribution in [3.63, 3.8) is 0 Å². The van der Waals surface area contributed by atoms with E-state index in [1.165, 1.54) is 4.90 Å². The fraction of sp³-hybridized carbons (Fsp3) is 0.600. The molecule has 2 fully saturated rings. The van der Waals surface area contributed by atoms with Gasteiger partial charge < -0.3 is 115 Å². The van der Waals surface area contributed by atoms with Crippen LogP contribution in [0.15, 0.2) is 57.4 Å². The minimum Gasteiger partial charge on any atom is -0.480 e. The second kappa shape index (κ2) is 43.3. The number of carboxylic acid groups (broad SMARTS) is 1. The molecule has 30 N–H and O–H groups in total. The van der Waals surface area contributed by atoms with Gasteiger partial charge in [-0.15, -0.1) is 0 Å². The average molecular weight is 1400 g/mol. The number of hydrogen-bond donors (Lipinski definition) is 20. The third-order valence-corrected chi connectivity index (χ3v) is 18.2. The van der Waals surface area contributed by atoms with Crippen molar-refractivity contribution in [3.8, 4) is 0 Å². The molecule has 35 nitrogen and oxygen atoms in total. The first-order chi connectivity index (χ1) is 46.3. The molecule has 0 bridgehead atoms. The third kappa shape index (κ3) is 29.5. The van der Waals surface area contributed by atoms with Crippen LogP contribution in [0.25, 0.3) is 10.8 Å². The van der Waals surface area contributed by atoms with Gasteiger partial charge in [0.15, 0.2) is 17.9 Å². The van der Waals surface area contributed by atoms with E-state index in [1.54, 1.807) is 6.07 Å². The van der Waals surface area contributed by atoms with E-state index in [4.69, 9.17) is 57.3 Å². The lowest BCUT2D eigenvalue weighted by atomic mass is 10.00. The topological polar surface area (TPSA) is 617 Å². The van der Waals surface area contributed by atoms with Crippen LogP contribution in [0.1, 0.15) is 108 Å². The molecular formula is C60H99N23O12S2. The molecule has 97 heavy (non-hydrogen) atoms. The van der Waals surface area contributed by atoms with Crippen LogP contribution in [-0.4, -0.2) is 211 Å². The number of guanidine groups is 3. The lowest BCUT2D eigenvalue weighted by molar-refractivity contribution is -0.143. The van der Waals surface area contributed by atoms with Crippen molar-refractivity contribution in [2.75, 3.05) is 57.3 Å². The van der Waals surface area contributed by atoms with E-state index in [1.807, 2.05) is 36.4 Å². The lowest BCUT2D eigenvalue weighted by Crippen LogP contribution is -2.61. The van der Waals surface area contributed by atoms with Crippen molar-refractivity contribution in [3.05, 3.63) is 48.0 Å². The van der Waals surface area contributed by atoms with Gasteiger partial charge in [0.2, 0.25) is 53.2 Å². The molecule has 2 saturated heterocycles. The Balaban J connectivity index is 1.84. The first kappa shape index (κ1) is 80.5. The summed E-state index contributed by atoms with van der Waals surface area (Å²) in [6.07, 6.45) is 2.16. The molecule has 2 aliphatic rings. The van der Waals surface area contributed by atoms with Crippen molar-refractivity contribution in [2.45, 2.75) is 170 Å². The molecule has 2 aromatic carbocycles. The van der Waals surface area contributed by atoms with Gasteiger partial charge in [-0.2, -0.15) is 0 Å². The van der Waals surface area contributed by atoms with Gasteiger partial charge in [0.25, 0.3) is 0 Å². The summed E-state index contributed by atoms with van der Waals surface area (Å²) in [7, 11) is 1.82. The van der Waals surface area contributed by atoms with Gasteiger partial charge in [-0.25, -0.2) is 9.59 Å². The first-order valence-corrected chi connectivity index (χ1v) is 34.8. The van der Waals surface area contributed by atoms with E-state index >= 15 is 9.59 Å². The maximum Gasteiger partial charge on any atom is 0.326 e. The summed E-state index contributed by atoms with van der Waals surface area (Å²) in [6, 6.07) is -1.79. The summed E-state index contributed by atoms with van der Waals surface area (Å²) in [4.78, 5) is 169. The number of aliphatic imine (C=N–C) groups is 3. The Morgan fingerprint density at radius 2 is 1.13 bits per heavy atom. The van der Waals surface area contributed by atoms with E-state index in [2.05, 4.69) is 62.8 Å². The maximum absolute atomic E-state index is 15.1.